The number of pyridine rings is 1. The van der Waals surface area contributed by atoms with E-state index in [-0.39, 0.29) is 18.0 Å². The second-order valence-corrected chi connectivity index (χ2v) is 5.64. The van der Waals surface area contributed by atoms with Crippen LogP contribution in [0.4, 0.5) is 11.4 Å². The number of carbonyl (C=O) groups excluding carboxylic acids is 1. The Labute approximate surface area is 160 Å². The van der Waals surface area contributed by atoms with Crippen molar-refractivity contribution in [1.29, 1.82) is 0 Å². The first-order chi connectivity index (χ1) is 13.5. The summed E-state index contributed by atoms with van der Waals surface area (Å²) in [5, 5.41) is 14.2. The Hall–Kier alpha value is -3.88. The van der Waals surface area contributed by atoms with Gasteiger partial charge in [0, 0.05) is 18.3 Å². The van der Waals surface area contributed by atoms with Crippen LogP contribution in [0.1, 0.15) is 0 Å². The predicted molar refractivity (Wildman–Crippen MR) is 102 cm³/mol. The van der Waals surface area contributed by atoms with Crippen molar-refractivity contribution in [3.8, 4) is 17.2 Å². The Balaban J connectivity index is 1.77. The van der Waals surface area contributed by atoms with Gasteiger partial charge in [-0.3, -0.25) is 19.9 Å². The number of hydrogen-bond acceptors (Lipinski definition) is 7. The first kappa shape index (κ1) is 18.9. The highest BCUT2D eigenvalue weighted by molar-refractivity contribution is 5.95. The summed E-state index contributed by atoms with van der Waals surface area (Å²) in [6, 6.07) is 10.9. The quantitative estimate of drug-likeness (QED) is 0.492. The van der Waals surface area contributed by atoms with Crippen LogP contribution in [-0.2, 0) is 4.79 Å². The van der Waals surface area contributed by atoms with Gasteiger partial charge >= 0.3 is 0 Å². The van der Waals surface area contributed by atoms with Crippen LogP contribution in [0, 0.1) is 10.1 Å². The Bertz CT molecular complexity index is 1040. The highest BCUT2D eigenvalue weighted by Gasteiger charge is 2.17. The van der Waals surface area contributed by atoms with E-state index in [0.29, 0.717) is 28.1 Å². The van der Waals surface area contributed by atoms with E-state index in [1.54, 1.807) is 30.3 Å². The van der Waals surface area contributed by atoms with Gasteiger partial charge in [0.1, 0.15) is 22.8 Å². The summed E-state index contributed by atoms with van der Waals surface area (Å²) in [5.41, 5.74) is 0.659. The number of ether oxygens (including phenoxy) is 3. The van der Waals surface area contributed by atoms with Crippen LogP contribution in [0.15, 0.2) is 48.7 Å². The molecule has 3 aromatic rings. The number of benzene rings is 2. The number of nitrogens with zero attached hydrogens (tertiary/aromatic N) is 2. The van der Waals surface area contributed by atoms with Gasteiger partial charge in [0.2, 0.25) is 0 Å². The number of rotatable bonds is 7. The first-order valence-electron chi connectivity index (χ1n) is 8.20. The molecule has 0 saturated carbocycles. The predicted octanol–water partition coefficient (Wildman–Crippen LogP) is 3.18. The second-order valence-electron chi connectivity index (χ2n) is 5.64. The molecule has 0 fully saturated rings. The monoisotopic (exact) mass is 383 g/mol. The van der Waals surface area contributed by atoms with E-state index in [4.69, 9.17) is 14.2 Å². The van der Waals surface area contributed by atoms with E-state index in [1.807, 2.05) is 0 Å². The third kappa shape index (κ3) is 3.93. The molecule has 1 aromatic heterocycles. The van der Waals surface area contributed by atoms with Gasteiger partial charge in [-0.2, -0.15) is 0 Å². The van der Waals surface area contributed by atoms with Crippen molar-refractivity contribution in [3.05, 3.63) is 58.8 Å². The van der Waals surface area contributed by atoms with Crippen molar-refractivity contribution in [2.24, 2.45) is 0 Å². The largest absolute Gasteiger partial charge is 0.497 e. The zero-order valence-corrected chi connectivity index (χ0v) is 15.2. The van der Waals surface area contributed by atoms with Crippen molar-refractivity contribution >= 4 is 28.2 Å². The normalized spacial score (nSPS) is 10.4. The molecular weight excluding hydrogens is 366 g/mol. The second kappa shape index (κ2) is 8.21. The Morgan fingerprint density at radius 2 is 1.93 bits per heavy atom. The molecule has 1 amide bonds. The summed E-state index contributed by atoms with van der Waals surface area (Å²) in [4.78, 5) is 27.1. The minimum atomic E-state index is -0.491. The van der Waals surface area contributed by atoms with E-state index < -0.39 is 10.8 Å². The van der Waals surface area contributed by atoms with Crippen LogP contribution in [0.25, 0.3) is 10.9 Å². The molecule has 0 aliphatic carbocycles. The topological polar surface area (TPSA) is 113 Å². The number of fused-ring (bicyclic) bond motifs is 1. The number of amides is 1. The van der Waals surface area contributed by atoms with Crippen LogP contribution in [0.5, 0.6) is 17.2 Å². The molecule has 0 aliphatic heterocycles. The van der Waals surface area contributed by atoms with Gasteiger partial charge < -0.3 is 19.5 Å². The SMILES string of the molecule is COc1ccc(OC)c(NC(=O)COc2ccc([N+](=O)[O-])c3cccnc23)c1. The lowest BCUT2D eigenvalue weighted by Gasteiger charge is -2.13. The molecule has 0 bridgehead atoms. The Morgan fingerprint density at radius 3 is 2.64 bits per heavy atom. The molecule has 2 aromatic carbocycles. The van der Waals surface area contributed by atoms with Gasteiger partial charge in [-0.1, -0.05) is 0 Å². The van der Waals surface area contributed by atoms with Gasteiger partial charge in [-0.05, 0) is 30.3 Å². The minimum absolute atomic E-state index is 0.0824. The highest BCUT2D eigenvalue weighted by Crippen LogP contribution is 2.32. The molecule has 0 atom stereocenters. The van der Waals surface area contributed by atoms with Crippen LogP contribution < -0.4 is 19.5 Å². The Kier molecular flexibility index (Phi) is 5.54. The van der Waals surface area contributed by atoms with E-state index in [0.717, 1.165) is 0 Å². The Morgan fingerprint density at radius 1 is 1.14 bits per heavy atom. The highest BCUT2D eigenvalue weighted by atomic mass is 16.6. The third-order valence-electron chi connectivity index (χ3n) is 3.95. The van der Waals surface area contributed by atoms with E-state index >= 15 is 0 Å². The number of carbonyl (C=O) groups is 1. The first-order valence-corrected chi connectivity index (χ1v) is 8.20. The standard InChI is InChI=1S/C19H17N3O6/c1-26-12-5-7-16(27-2)14(10-12)21-18(23)11-28-17-8-6-15(22(24)25)13-4-3-9-20-19(13)17/h3-10H,11H2,1-2H3,(H,21,23). The molecule has 0 aliphatic rings. The average Bonchev–Trinajstić information content (AvgIpc) is 2.71. The minimum Gasteiger partial charge on any atom is -0.497 e. The average molecular weight is 383 g/mol. The lowest BCUT2D eigenvalue weighted by atomic mass is 10.1. The third-order valence-corrected chi connectivity index (χ3v) is 3.95. The van der Waals surface area contributed by atoms with E-state index in [2.05, 4.69) is 10.3 Å². The van der Waals surface area contributed by atoms with Crippen LogP contribution in [-0.4, -0.2) is 36.6 Å². The maximum Gasteiger partial charge on any atom is 0.279 e. The lowest BCUT2D eigenvalue weighted by Crippen LogP contribution is -2.20. The van der Waals surface area contributed by atoms with E-state index in [9.17, 15) is 14.9 Å². The van der Waals surface area contributed by atoms with Crippen LogP contribution in [0.2, 0.25) is 0 Å². The molecule has 0 spiro atoms. The summed E-state index contributed by atoms with van der Waals surface area (Å²) in [6.45, 7) is -0.316. The van der Waals surface area contributed by atoms with Gasteiger partial charge in [0.05, 0.1) is 30.2 Å². The van der Waals surface area contributed by atoms with Crippen molar-refractivity contribution in [2.45, 2.75) is 0 Å². The molecule has 144 valence electrons. The fraction of sp³-hybridized carbons (Fsp3) is 0.158. The maximum absolute atomic E-state index is 12.3. The lowest BCUT2D eigenvalue weighted by molar-refractivity contribution is -0.383. The molecular formula is C19H17N3O6. The molecule has 0 unspecified atom stereocenters. The number of nitrogens with one attached hydrogen (secondary N) is 1. The number of aromatic nitrogens is 1. The van der Waals surface area contributed by atoms with Gasteiger partial charge in [-0.25, -0.2) is 0 Å². The molecule has 28 heavy (non-hydrogen) atoms. The molecule has 9 heteroatoms. The zero-order valence-electron chi connectivity index (χ0n) is 15.2. The fourth-order valence-corrected chi connectivity index (χ4v) is 2.65. The van der Waals surface area contributed by atoms with Crippen molar-refractivity contribution in [2.75, 3.05) is 26.1 Å². The fourth-order valence-electron chi connectivity index (χ4n) is 2.65. The summed E-state index contributed by atoms with van der Waals surface area (Å²) < 4.78 is 15.9. The number of non-ortho nitro benzene ring substituents is 1. The van der Waals surface area contributed by atoms with Crippen LogP contribution >= 0.6 is 0 Å². The number of nitro benzene ring substituents is 1. The summed E-state index contributed by atoms with van der Waals surface area (Å²) in [7, 11) is 3.01. The van der Waals surface area contributed by atoms with Gasteiger partial charge in [0.15, 0.2) is 6.61 Å². The van der Waals surface area contributed by atoms with E-state index in [1.165, 1.54) is 32.5 Å². The molecule has 9 nitrogen and oxygen atoms in total. The molecule has 0 radical (unpaired) electrons. The maximum atomic E-state index is 12.3. The van der Waals surface area contributed by atoms with Crippen LogP contribution in [0.3, 0.4) is 0 Å². The summed E-state index contributed by atoms with van der Waals surface area (Å²) >= 11 is 0. The molecule has 3 rings (SSSR count). The number of methoxy groups -OCH3 is 2. The van der Waals surface area contributed by atoms with Crippen molar-refractivity contribution in [3.63, 3.8) is 0 Å². The summed E-state index contributed by atoms with van der Waals surface area (Å²) in [6.07, 6.45) is 1.50. The summed E-state index contributed by atoms with van der Waals surface area (Å²) in [5.74, 6) is 0.863. The molecule has 1 N–H and O–H groups in total. The van der Waals surface area contributed by atoms with Gasteiger partial charge in [0.25, 0.3) is 11.6 Å². The smallest absolute Gasteiger partial charge is 0.279 e. The zero-order chi connectivity index (χ0) is 20.1. The number of nitro groups is 1. The number of anilines is 1. The number of hydrogen-bond donors (Lipinski definition) is 1. The van der Waals surface area contributed by atoms with Gasteiger partial charge in [-0.15, -0.1) is 0 Å². The molecule has 0 saturated heterocycles. The van der Waals surface area contributed by atoms with Crippen molar-refractivity contribution in [1.82, 2.24) is 4.98 Å². The van der Waals surface area contributed by atoms with Crippen molar-refractivity contribution < 1.29 is 23.9 Å². The molecule has 1 heterocycles.